The second-order valence-electron chi connectivity index (χ2n) is 3.63. The lowest BCUT2D eigenvalue weighted by atomic mass is 10.2. The number of unbranched alkanes of at least 4 members (excludes halogenated alkanes) is 1. The fourth-order valence-corrected chi connectivity index (χ4v) is 2.48. The summed E-state index contributed by atoms with van der Waals surface area (Å²) in [5.74, 6) is 1.08. The van der Waals surface area contributed by atoms with E-state index in [9.17, 15) is 0 Å². The van der Waals surface area contributed by atoms with E-state index >= 15 is 0 Å². The average molecular weight is 245 g/mol. The number of rotatable bonds is 6. The highest BCUT2D eigenvalue weighted by Crippen LogP contribution is 2.29. The van der Waals surface area contributed by atoms with E-state index in [4.69, 9.17) is 0 Å². The van der Waals surface area contributed by atoms with Crippen LogP contribution in [0.15, 0.2) is 48.3 Å². The van der Waals surface area contributed by atoms with E-state index in [1.165, 1.54) is 4.90 Å². The van der Waals surface area contributed by atoms with Gasteiger partial charge in [0.1, 0.15) is 0 Å². The summed E-state index contributed by atoms with van der Waals surface area (Å²) in [7, 11) is 0. The van der Waals surface area contributed by atoms with Crippen LogP contribution < -0.4 is 0 Å². The van der Waals surface area contributed by atoms with Gasteiger partial charge in [-0.3, -0.25) is 10.1 Å². The highest BCUT2D eigenvalue weighted by Gasteiger charge is 2.07. The number of aromatic nitrogens is 3. The van der Waals surface area contributed by atoms with Crippen molar-refractivity contribution < 1.29 is 0 Å². The Kier molecular flexibility index (Phi) is 4.38. The monoisotopic (exact) mass is 245 g/mol. The molecule has 0 amide bonds. The molecular formula is C13H15N3S. The molecule has 0 saturated carbocycles. The SMILES string of the molecule is C=CCCCSc1cn[nH]c1-c1cccnc1. The Balaban J connectivity index is 2.04. The summed E-state index contributed by atoms with van der Waals surface area (Å²) in [4.78, 5) is 5.30. The minimum atomic E-state index is 1.06. The first-order valence-corrected chi connectivity index (χ1v) is 6.58. The Morgan fingerprint density at radius 3 is 3.12 bits per heavy atom. The molecule has 0 spiro atoms. The van der Waals surface area contributed by atoms with Gasteiger partial charge in [-0.05, 0) is 30.7 Å². The summed E-state index contributed by atoms with van der Waals surface area (Å²) in [5.41, 5.74) is 2.14. The second-order valence-corrected chi connectivity index (χ2v) is 4.77. The standard InChI is InChI=1S/C13H15N3S/c1-2-3-4-8-17-12-10-15-16-13(12)11-6-5-7-14-9-11/h2,5-7,9-10H,1,3-4,8H2,(H,15,16). The van der Waals surface area contributed by atoms with Crippen molar-refractivity contribution in [3.05, 3.63) is 43.4 Å². The number of thioether (sulfide) groups is 1. The van der Waals surface area contributed by atoms with E-state index in [0.29, 0.717) is 0 Å². The fraction of sp³-hybridized carbons (Fsp3) is 0.231. The molecule has 2 aromatic rings. The lowest BCUT2D eigenvalue weighted by Gasteiger charge is -2.02. The van der Waals surface area contributed by atoms with Crippen LogP contribution in [0, 0.1) is 0 Å². The molecule has 1 N–H and O–H groups in total. The van der Waals surface area contributed by atoms with Crippen molar-refractivity contribution in [3.63, 3.8) is 0 Å². The average Bonchev–Trinajstić information content (AvgIpc) is 2.84. The van der Waals surface area contributed by atoms with Crippen molar-refractivity contribution in [2.75, 3.05) is 5.75 Å². The lowest BCUT2D eigenvalue weighted by molar-refractivity contribution is 0.974. The van der Waals surface area contributed by atoms with E-state index in [0.717, 1.165) is 29.9 Å². The smallest absolute Gasteiger partial charge is 0.0801 e. The molecule has 0 aliphatic heterocycles. The van der Waals surface area contributed by atoms with E-state index < -0.39 is 0 Å². The van der Waals surface area contributed by atoms with Crippen LogP contribution in [0.5, 0.6) is 0 Å². The number of hydrogen-bond donors (Lipinski definition) is 1. The first-order chi connectivity index (χ1) is 8.42. The number of aromatic amines is 1. The van der Waals surface area contributed by atoms with Gasteiger partial charge >= 0.3 is 0 Å². The van der Waals surface area contributed by atoms with E-state index in [-0.39, 0.29) is 0 Å². The van der Waals surface area contributed by atoms with Gasteiger partial charge in [0.05, 0.1) is 16.8 Å². The summed E-state index contributed by atoms with van der Waals surface area (Å²) < 4.78 is 0. The highest BCUT2D eigenvalue weighted by molar-refractivity contribution is 7.99. The molecule has 0 bridgehead atoms. The van der Waals surface area contributed by atoms with Gasteiger partial charge in [-0.1, -0.05) is 6.08 Å². The molecule has 0 radical (unpaired) electrons. The van der Waals surface area contributed by atoms with Gasteiger partial charge in [-0.25, -0.2) is 0 Å². The number of pyridine rings is 1. The van der Waals surface area contributed by atoms with E-state index in [2.05, 4.69) is 21.8 Å². The number of hydrogen-bond acceptors (Lipinski definition) is 3. The Hall–Kier alpha value is -1.55. The third kappa shape index (κ3) is 3.20. The fourth-order valence-electron chi connectivity index (χ4n) is 1.51. The number of nitrogens with zero attached hydrogens (tertiary/aromatic N) is 2. The maximum absolute atomic E-state index is 4.12. The van der Waals surface area contributed by atoms with Crippen molar-refractivity contribution in [1.82, 2.24) is 15.2 Å². The molecular weight excluding hydrogens is 230 g/mol. The van der Waals surface area contributed by atoms with Gasteiger partial charge in [-0.2, -0.15) is 5.10 Å². The van der Waals surface area contributed by atoms with Crippen molar-refractivity contribution in [2.45, 2.75) is 17.7 Å². The van der Waals surface area contributed by atoms with E-state index in [1.807, 2.05) is 42.4 Å². The van der Waals surface area contributed by atoms with Crippen LogP contribution >= 0.6 is 11.8 Å². The van der Waals surface area contributed by atoms with Gasteiger partial charge in [0.25, 0.3) is 0 Å². The second kappa shape index (κ2) is 6.25. The summed E-state index contributed by atoms with van der Waals surface area (Å²) in [6.07, 6.45) is 9.66. The first kappa shape index (κ1) is 11.9. The molecule has 0 aromatic carbocycles. The van der Waals surface area contributed by atoms with Crippen LogP contribution in [-0.4, -0.2) is 20.9 Å². The molecule has 0 fully saturated rings. The summed E-state index contributed by atoms with van der Waals surface area (Å²) in [6.45, 7) is 3.72. The molecule has 0 aliphatic carbocycles. The Morgan fingerprint density at radius 2 is 2.35 bits per heavy atom. The third-order valence-corrected chi connectivity index (χ3v) is 3.48. The minimum absolute atomic E-state index is 1.06. The lowest BCUT2D eigenvalue weighted by Crippen LogP contribution is -1.83. The van der Waals surface area contributed by atoms with Crippen LogP contribution in [0.2, 0.25) is 0 Å². The Labute approximate surface area is 105 Å². The molecule has 2 rings (SSSR count). The zero-order valence-corrected chi connectivity index (χ0v) is 10.4. The largest absolute Gasteiger partial charge is 0.277 e. The molecule has 2 heterocycles. The van der Waals surface area contributed by atoms with Crippen LogP contribution in [0.1, 0.15) is 12.8 Å². The van der Waals surface area contributed by atoms with E-state index in [1.54, 1.807) is 6.20 Å². The normalized spacial score (nSPS) is 10.4. The summed E-state index contributed by atoms with van der Waals surface area (Å²) in [6, 6.07) is 3.97. The molecule has 4 heteroatoms. The van der Waals surface area contributed by atoms with Crippen LogP contribution in [0.4, 0.5) is 0 Å². The number of nitrogens with one attached hydrogen (secondary N) is 1. The van der Waals surface area contributed by atoms with Crippen molar-refractivity contribution in [2.24, 2.45) is 0 Å². The van der Waals surface area contributed by atoms with Gasteiger partial charge < -0.3 is 0 Å². The Morgan fingerprint density at radius 1 is 1.41 bits per heavy atom. The predicted molar refractivity (Wildman–Crippen MR) is 72.0 cm³/mol. The van der Waals surface area contributed by atoms with Crippen molar-refractivity contribution in [1.29, 1.82) is 0 Å². The Bertz CT molecular complexity index is 465. The quantitative estimate of drug-likeness (QED) is 0.481. The molecule has 0 saturated heterocycles. The molecule has 0 atom stereocenters. The molecule has 2 aromatic heterocycles. The molecule has 88 valence electrons. The minimum Gasteiger partial charge on any atom is -0.277 e. The topological polar surface area (TPSA) is 41.6 Å². The maximum atomic E-state index is 4.12. The number of H-pyrrole nitrogens is 1. The summed E-state index contributed by atoms with van der Waals surface area (Å²) >= 11 is 1.82. The van der Waals surface area contributed by atoms with Gasteiger partial charge in [-0.15, -0.1) is 18.3 Å². The van der Waals surface area contributed by atoms with Gasteiger partial charge in [0.15, 0.2) is 0 Å². The van der Waals surface area contributed by atoms with Crippen LogP contribution in [0.3, 0.4) is 0 Å². The maximum Gasteiger partial charge on any atom is 0.0801 e. The van der Waals surface area contributed by atoms with Crippen LogP contribution in [0.25, 0.3) is 11.3 Å². The first-order valence-electron chi connectivity index (χ1n) is 5.59. The molecule has 3 nitrogen and oxygen atoms in total. The molecule has 17 heavy (non-hydrogen) atoms. The zero-order valence-electron chi connectivity index (χ0n) is 9.60. The van der Waals surface area contributed by atoms with Crippen LogP contribution in [-0.2, 0) is 0 Å². The molecule has 0 unspecified atom stereocenters. The number of allylic oxidation sites excluding steroid dienone is 1. The molecule has 0 aliphatic rings. The van der Waals surface area contributed by atoms with Gasteiger partial charge in [0, 0.05) is 18.0 Å². The van der Waals surface area contributed by atoms with Crippen molar-refractivity contribution >= 4 is 11.8 Å². The predicted octanol–water partition coefficient (Wildman–Crippen LogP) is 3.53. The third-order valence-electron chi connectivity index (χ3n) is 2.36. The van der Waals surface area contributed by atoms with Crippen molar-refractivity contribution in [3.8, 4) is 11.3 Å². The summed E-state index contributed by atoms with van der Waals surface area (Å²) in [5, 5.41) is 7.14. The van der Waals surface area contributed by atoms with Gasteiger partial charge in [0.2, 0.25) is 0 Å². The zero-order chi connectivity index (χ0) is 11.9. The highest BCUT2D eigenvalue weighted by atomic mass is 32.2.